The minimum absolute atomic E-state index is 0.0761. The Balaban J connectivity index is 1.77. The van der Waals surface area contributed by atoms with Gasteiger partial charge in [-0.05, 0) is 85.6 Å². The van der Waals surface area contributed by atoms with Gasteiger partial charge in [0.25, 0.3) is 0 Å². The lowest BCUT2D eigenvalue weighted by Crippen LogP contribution is -2.26. The van der Waals surface area contributed by atoms with E-state index in [0.29, 0.717) is 44.9 Å². The van der Waals surface area contributed by atoms with Gasteiger partial charge in [0.15, 0.2) is 0 Å². The molecule has 0 heterocycles. The molecule has 16 heteroatoms. The summed E-state index contributed by atoms with van der Waals surface area (Å²) in [6.45, 7) is 17.7. The highest BCUT2D eigenvalue weighted by molar-refractivity contribution is 5.93. The number of benzene rings is 4. The first kappa shape index (κ1) is 50.9. The Hall–Kier alpha value is -6.72. The molecule has 348 valence electrons. The molecule has 4 rings (SSSR count). The zero-order chi connectivity index (χ0) is 47.8. The van der Waals surface area contributed by atoms with E-state index in [1.165, 1.54) is 27.7 Å². The van der Waals surface area contributed by atoms with Gasteiger partial charge >= 0.3 is 23.9 Å². The number of esters is 4. The summed E-state index contributed by atoms with van der Waals surface area (Å²) in [7, 11) is 0. The van der Waals surface area contributed by atoms with Gasteiger partial charge in [-0.1, -0.05) is 50.6 Å². The fourth-order valence-electron chi connectivity index (χ4n) is 5.80. The average molecular weight is 901 g/mol. The van der Waals surface area contributed by atoms with Crippen LogP contribution in [0.15, 0.2) is 109 Å². The molecule has 0 bridgehead atoms. The van der Waals surface area contributed by atoms with Crippen molar-refractivity contribution in [2.75, 3.05) is 52.9 Å². The first-order valence-electron chi connectivity index (χ1n) is 20.5. The van der Waals surface area contributed by atoms with Crippen LogP contribution in [0.3, 0.4) is 0 Å². The molecule has 0 radical (unpaired) electrons. The maximum Gasteiger partial charge on any atom is 0.333 e. The minimum Gasteiger partial charge on any atom is -0.491 e. The molecule has 4 aromatic carbocycles. The molecular formula is C49H56O16. The Morgan fingerprint density at radius 1 is 0.431 bits per heavy atom. The zero-order valence-electron chi connectivity index (χ0n) is 37.0. The monoisotopic (exact) mass is 900 g/mol. The molecule has 0 fully saturated rings. The number of carbonyl (C=O) groups is 4. The van der Waals surface area contributed by atoms with Crippen molar-refractivity contribution in [2.24, 2.45) is 0 Å². The van der Waals surface area contributed by atoms with Crippen molar-refractivity contribution >= 4 is 45.4 Å². The molecule has 0 saturated carbocycles. The molecular weight excluding hydrogens is 845 g/mol. The molecule has 0 aromatic heterocycles. The van der Waals surface area contributed by atoms with E-state index in [1.807, 2.05) is 0 Å². The predicted octanol–water partition coefficient (Wildman–Crippen LogP) is 5.02. The van der Waals surface area contributed by atoms with Gasteiger partial charge in [0.2, 0.25) is 0 Å². The molecule has 16 nitrogen and oxygen atoms in total. The predicted molar refractivity (Wildman–Crippen MR) is 240 cm³/mol. The normalized spacial score (nSPS) is 12.8. The van der Waals surface area contributed by atoms with Crippen molar-refractivity contribution in [3.63, 3.8) is 0 Å². The molecule has 0 aliphatic heterocycles. The first-order valence-corrected chi connectivity index (χ1v) is 20.5. The number of hydrogen-bond donors (Lipinski definition) is 4. The molecule has 0 saturated heterocycles. The molecule has 65 heavy (non-hydrogen) atoms. The number of aliphatic hydroxyl groups excluding tert-OH is 4. The topological polar surface area (TPSA) is 223 Å². The highest BCUT2D eigenvalue weighted by Gasteiger charge is 2.21. The summed E-state index contributed by atoms with van der Waals surface area (Å²) in [5.74, 6) is -1.32. The summed E-state index contributed by atoms with van der Waals surface area (Å²) in [5, 5.41) is 45.3. The third-order valence-electron chi connectivity index (χ3n) is 9.25. The van der Waals surface area contributed by atoms with E-state index < -0.39 is 48.3 Å². The van der Waals surface area contributed by atoms with E-state index in [-0.39, 0.29) is 81.6 Å². The van der Waals surface area contributed by atoms with Gasteiger partial charge in [0.05, 0.1) is 0 Å². The van der Waals surface area contributed by atoms with Crippen LogP contribution in [-0.2, 0) is 44.5 Å². The van der Waals surface area contributed by atoms with Crippen LogP contribution in [0.4, 0.5) is 0 Å². The van der Waals surface area contributed by atoms with Crippen molar-refractivity contribution in [1.82, 2.24) is 0 Å². The van der Waals surface area contributed by atoms with Crippen LogP contribution in [0, 0.1) is 0 Å². The lowest BCUT2D eigenvalue weighted by atomic mass is 9.93. The Morgan fingerprint density at radius 3 is 1.00 bits per heavy atom. The van der Waals surface area contributed by atoms with E-state index in [1.54, 1.807) is 60.7 Å². The molecule has 0 amide bonds. The summed E-state index contributed by atoms with van der Waals surface area (Å²) in [6.07, 6.45) is -4.71. The second-order valence-corrected chi connectivity index (χ2v) is 15.4. The van der Waals surface area contributed by atoms with Crippen molar-refractivity contribution in [3.05, 3.63) is 120 Å². The third kappa shape index (κ3) is 15.8. The Kier molecular flexibility index (Phi) is 19.1. The molecule has 4 aromatic rings. The quantitative estimate of drug-likeness (QED) is 0.0369. The van der Waals surface area contributed by atoms with Gasteiger partial charge in [-0.25, -0.2) is 19.2 Å². The second-order valence-electron chi connectivity index (χ2n) is 15.4. The van der Waals surface area contributed by atoms with Gasteiger partial charge in [-0.2, -0.15) is 0 Å². The zero-order valence-corrected chi connectivity index (χ0v) is 37.0. The molecule has 0 aliphatic carbocycles. The summed E-state index contributed by atoms with van der Waals surface area (Å²) < 4.78 is 44.7. The highest BCUT2D eigenvalue weighted by atomic mass is 16.6. The molecule has 0 spiro atoms. The Bertz CT molecular complexity index is 2220. The number of carbonyl (C=O) groups excluding carboxylic acids is 4. The number of aliphatic hydroxyl groups is 4. The van der Waals surface area contributed by atoms with E-state index >= 15 is 0 Å². The Morgan fingerprint density at radius 2 is 0.708 bits per heavy atom. The molecule has 4 atom stereocenters. The van der Waals surface area contributed by atoms with Crippen LogP contribution in [0.1, 0.15) is 38.8 Å². The van der Waals surface area contributed by atoms with Gasteiger partial charge in [0.1, 0.15) is 100 Å². The van der Waals surface area contributed by atoms with Crippen LogP contribution in [0.5, 0.6) is 23.0 Å². The van der Waals surface area contributed by atoms with E-state index in [0.717, 1.165) is 10.8 Å². The van der Waals surface area contributed by atoms with Crippen LogP contribution >= 0.6 is 0 Å². The van der Waals surface area contributed by atoms with Gasteiger partial charge in [-0.15, -0.1) is 0 Å². The van der Waals surface area contributed by atoms with E-state index in [4.69, 9.17) is 37.9 Å². The molecule has 4 unspecified atom stereocenters. The Labute approximate surface area is 376 Å². The van der Waals surface area contributed by atoms with Gasteiger partial charge < -0.3 is 58.3 Å². The standard InChI is InChI=1S/C49H56O16/c1-28(2)46(54)62-24-34(50)20-58-38-13-9-32-11-15-44(60-22-36(52)26-64-48(56)30(5)6)42(40(32)17-38)19-43-41-18-39(59-21-35(51)25-63-47(55)29(3)4)14-10-33(41)12-16-45(43)61-23-37(53)27-65-49(57)31(7)8/h9-18,34-37,50-53H,1,3,5,7,19-27H2,2,4,6,8H3. The van der Waals surface area contributed by atoms with Crippen LogP contribution in [0.2, 0.25) is 0 Å². The number of ether oxygens (including phenoxy) is 8. The fourth-order valence-corrected chi connectivity index (χ4v) is 5.80. The maximum absolute atomic E-state index is 12.0. The minimum atomic E-state index is -1.23. The number of fused-ring (bicyclic) bond motifs is 2. The van der Waals surface area contributed by atoms with Crippen molar-refractivity contribution < 1.29 is 77.5 Å². The van der Waals surface area contributed by atoms with Crippen molar-refractivity contribution in [1.29, 1.82) is 0 Å². The largest absolute Gasteiger partial charge is 0.491 e. The van der Waals surface area contributed by atoms with E-state index in [2.05, 4.69) is 26.3 Å². The third-order valence-corrected chi connectivity index (χ3v) is 9.25. The molecule has 0 aliphatic rings. The maximum atomic E-state index is 12.0. The van der Waals surface area contributed by atoms with Gasteiger partial charge in [-0.3, -0.25) is 0 Å². The lowest BCUT2D eigenvalue weighted by Gasteiger charge is -2.21. The summed E-state index contributed by atoms with van der Waals surface area (Å²) >= 11 is 0. The highest BCUT2D eigenvalue weighted by Crippen LogP contribution is 2.38. The van der Waals surface area contributed by atoms with Crippen molar-refractivity contribution in [2.45, 2.75) is 58.5 Å². The number of rotatable bonds is 26. The van der Waals surface area contributed by atoms with Crippen LogP contribution < -0.4 is 18.9 Å². The fraction of sp³-hybridized carbons (Fsp3) is 0.347. The summed E-state index contributed by atoms with van der Waals surface area (Å²) in [6, 6.07) is 17.5. The van der Waals surface area contributed by atoms with Crippen LogP contribution in [0.25, 0.3) is 21.5 Å². The smallest absolute Gasteiger partial charge is 0.333 e. The number of hydrogen-bond acceptors (Lipinski definition) is 16. The first-order chi connectivity index (χ1) is 30.8. The lowest BCUT2D eigenvalue weighted by molar-refractivity contribution is -0.143. The van der Waals surface area contributed by atoms with Crippen LogP contribution in [-0.4, -0.2) is 122 Å². The van der Waals surface area contributed by atoms with Crippen molar-refractivity contribution in [3.8, 4) is 23.0 Å². The second kappa shape index (κ2) is 24.4. The van der Waals surface area contributed by atoms with E-state index in [9.17, 15) is 39.6 Å². The van der Waals surface area contributed by atoms with Gasteiger partial charge in [0, 0.05) is 39.8 Å². The SMILES string of the molecule is C=C(C)C(=O)OCC(O)COc1ccc2ccc(OCC(O)COC(=O)C(=C)C)c(Cc3c(OCC(O)COC(=O)C(=C)C)ccc4ccc(OCC(O)COC(=O)C(=C)C)cc34)c2c1. The average Bonchev–Trinajstić information content (AvgIpc) is 3.28. The summed E-state index contributed by atoms with van der Waals surface area (Å²) in [4.78, 5) is 47.8. The molecule has 4 N–H and O–H groups in total. The summed E-state index contributed by atoms with van der Waals surface area (Å²) in [5.41, 5.74) is 1.83.